The summed E-state index contributed by atoms with van der Waals surface area (Å²) >= 11 is 0. The molecule has 3 heteroatoms. The molecule has 84 valence electrons. The van der Waals surface area contributed by atoms with Crippen LogP contribution in [-0.4, -0.2) is 18.1 Å². The molecule has 0 aliphatic carbocycles. The van der Waals surface area contributed by atoms with Crippen LogP contribution in [0, 0.1) is 5.92 Å². The number of rotatable bonds is 5. The summed E-state index contributed by atoms with van der Waals surface area (Å²) < 4.78 is 5.07. The van der Waals surface area contributed by atoms with Gasteiger partial charge in [-0.25, -0.2) is 4.98 Å². The topological polar surface area (TPSA) is 34.1 Å². The maximum absolute atomic E-state index is 5.07. The van der Waals surface area contributed by atoms with Crippen LogP contribution in [0.4, 0.5) is 0 Å². The second kappa shape index (κ2) is 5.71. The van der Waals surface area contributed by atoms with Gasteiger partial charge in [0.15, 0.2) is 0 Å². The zero-order valence-electron chi connectivity index (χ0n) is 9.95. The van der Waals surface area contributed by atoms with E-state index in [0.717, 1.165) is 6.54 Å². The van der Waals surface area contributed by atoms with Crippen molar-refractivity contribution >= 4 is 0 Å². The molecule has 0 spiro atoms. The van der Waals surface area contributed by atoms with E-state index in [1.54, 1.807) is 13.3 Å². The van der Waals surface area contributed by atoms with Gasteiger partial charge in [-0.2, -0.15) is 0 Å². The predicted octanol–water partition coefficient (Wildman–Crippen LogP) is 2.22. The first-order valence-electron chi connectivity index (χ1n) is 5.35. The number of ether oxygens (including phenoxy) is 1. The fourth-order valence-electron chi connectivity index (χ4n) is 1.19. The van der Waals surface area contributed by atoms with Gasteiger partial charge in [0.05, 0.1) is 7.11 Å². The van der Waals surface area contributed by atoms with Gasteiger partial charge in [-0.3, -0.25) is 0 Å². The number of hydrogen-bond donors (Lipinski definition) is 1. The lowest BCUT2D eigenvalue weighted by Crippen LogP contribution is -2.30. The second-order valence-corrected chi connectivity index (χ2v) is 4.12. The van der Waals surface area contributed by atoms with Crippen LogP contribution in [0.25, 0.3) is 0 Å². The molecule has 1 heterocycles. The molecule has 0 saturated heterocycles. The maximum atomic E-state index is 5.07. The van der Waals surface area contributed by atoms with Crippen LogP contribution >= 0.6 is 0 Å². The van der Waals surface area contributed by atoms with Crippen molar-refractivity contribution in [3.8, 4) is 5.88 Å². The Kier molecular flexibility index (Phi) is 4.56. The first kappa shape index (κ1) is 12.0. The first-order chi connectivity index (χ1) is 7.13. The van der Waals surface area contributed by atoms with Crippen molar-refractivity contribution < 1.29 is 4.74 Å². The molecular weight excluding hydrogens is 188 g/mol. The Morgan fingerprint density at radius 3 is 2.73 bits per heavy atom. The molecule has 1 unspecified atom stereocenters. The number of nitrogens with zero attached hydrogens (tertiary/aromatic N) is 1. The van der Waals surface area contributed by atoms with Crippen molar-refractivity contribution in [1.29, 1.82) is 0 Å². The molecule has 0 saturated carbocycles. The van der Waals surface area contributed by atoms with Crippen LogP contribution in [0.3, 0.4) is 0 Å². The van der Waals surface area contributed by atoms with Gasteiger partial charge in [-0.15, -0.1) is 0 Å². The highest BCUT2D eigenvalue weighted by atomic mass is 16.5. The van der Waals surface area contributed by atoms with Crippen LogP contribution < -0.4 is 10.1 Å². The van der Waals surface area contributed by atoms with Crippen molar-refractivity contribution in [2.75, 3.05) is 7.11 Å². The molecule has 1 aromatic rings. The average Bonchev–Trinajstić information content (AvgIpc) is 2.26. The molecule has 1 atom stereocenters. The highest BCUT2D eigenvalue weighted by Gasteiger charge is 2.05. The largest absolute Gasteiger partial charge is 0.481 e. The third kappa shape index (κ3) is 3.88. The highest BCUT2D eigenvalue weighted by molar-refractivity contribution is 5.20. The van der Waals surface area contributed by atoms with Crippen molar-refractivity contribution in [2.24, 2.45) is 5.92 Å². The van der Waals surface area contributed by atoms with E-state index < -0.39 is 0 Å². The van der Waals surface area contributed by atoms with E-state index in [-0.39, 0.29) is 0 Å². The minimum Gasteiger partial charge on any atom is -0.481 e. The van der Waals surface area contributed by atoms with Crippen molar-refractivity contribution in [2.45, 2.75) is 33.4 Å². The smallest absolute Gasteiger partial charge is 0.213 e. The molecule has 15 heavy (non-hydrogen) atoms. The van der Waals surface area contributed by atoms with E-state index >= 15 is 0 Å². The average molecular weight is 208 g/mol. The van der Waals surface area contributed by atoms with Gasteiger partial charge < -0.3 is 10.1 Å². The summed E-state index contributed by atoms with van der Waals surface area (Å²) in [4.78, 5) is 4.07. The Bertz CT molecular complexity index is 299. The van der Waals surface area contributed by atoms with Crippen LogP contribution in [-0.2, 0) is 6.54 Å². The van der Waals surface area contributed by atoms with Gasteiger partial charge in [0.25, 0.3) is 0 Å². The first-order valence-corrected chi connectivity index (χ1v) is 5.35. The monoisotopic (exact) mass is 208 g/mol. The lowest BCUT2D eigenvalue weighted by atomic mass is 10.1. The van der Waals surface area contributed by atoms with Crippen LogP contribution in [0.2, 0.25) is 0 Å². The molecule has 0 fully saturated rings. The SMILES string of the molecule is COc1cc(CNC(C)C(C)C)ccn1. The van der Waals surface area contributed by atoms with Crippen molar-refractivity contribution in [3.63, 3.8) is 0 Å². The van der Waals surface area contributed by atoms with Crippen LogP contribution in [0.1, 0.15) is 26.3 Å². The van der Waals surface area contributed by atoms with E-state index in [1.165, 1.54) is 5.56 Å². The molecule has 1 rings (SSSR count). The molecule has 1 aromatic heterocycles. The Labute approximate surface area is 91.9 Å². The third-order valence-electron chi connectivity index (χ3n) is 2.64. The molecule has 0 bridgehead atoms. The molecule has 0 aliphatic heterocycles. The number of nitrogens with one attached hydrogen (secondary N) is 1. The maximum Gasteiger partial charge on any atom is 0.213 e. The highest BCUT2D eigenvalue weighted by Crippen LogP contribution is 2.09. The fraction of sp³-hybridized carbons (Fsp3) is 0.583. The molecule has 0 aliphatic rings. The van der Waals surface area contributed by atoms with E-state index in [1.807, 2.05) is 12.1 Å². The van der Waals surface area contributed by atoms with Gasteiger partial charge >= 0.3 is 0 Å². The van der Waals surface area contributed by atoms with Gasteiger partial charge in [0.1, 0.15) is 0 Å². The van der Waals surface area contributed by atoms with E-state index in [2.05, 4.69) is 31.1 Å². The summed E-state index contributed by atoms with van der Waals surface area (Å²) in [5.74, 6) is 1.32. The lowest BCUT2D eigenvalue weighted by Gasteiger charge is -2.17. The van der Waals surface area contributed by atoms with Gasteiger partial charge in [-0.05, 0) is 24.5 Å². The number of methoxy groups -OCH3 is 1. The third-order valence-corrected chi connectivity index (χ3v) is 2.64. The summed E-state index contributed by atoms with van der Waals surface area (Å²) in [6.07, 6.45) is 1.77. The normalized spacial score (nSPS) is 12.9. The standard InChI is InChI=1S/C12H20N2O/c1-9(2)10(3)14-8-11-5-6-13-12(7-11)15-4/h5-7,9-10,14H,8H2,1-4H3. The molecule has 3 nitrogen and oxygen atoms in total. The van der Waals surface area contributed by atoms with Gasteiger partial charge in [0, 0.05) is 24.8 Å². The zero-order valence-corrected chi connectivity index (χ0v) is 9.95. The van der Waals surface area contributed by atoms with E-state index in [9.17, 15) is 0 Å². The minimum atomic E-state index is 0.518. The predicted molar refractivity (Wildman–Crippen MR) is 61.9 cm³/mol. The van der Waals surface area contributed by atoms with Gasteiger partial charge in [-0.1, -0.05) is 13.8 Å². The fourth-order valence-corrected chi connectivity index (χ4v) is 1.19. The Morgan fingerprint density at radius 1 is 1.40 bits per heavy atom. The molecule has 0 radical (unpaired) electrons. The summed E-state index contributed by atoms with van der Waals surface area (Å²) in [6.45, 7) is 7.48. The van der Waals surface area contributed by atoms with Crippen LogP contribution in [0.15, 0.2) is 18.3 Å². The molecule has 0 aromatic carbocycles. The van der Waals surface area contributed by atoms with E-state index in [0.29, 0.717) is 17.8 Å². The number of hydrogen-bond acceptors (Lipinski definition) is 3. The summed E-state index contributed by atoms with van der Waals surface area (Å²) in [7, 11) is 1.64. The Hall–Kier alpha value is -1.09. The van der Waals surface area contributed by atoms with Crippen molar-refractivity contribution in [3.05, 3.63) is 23.9 Å². The Morgan fingerprint density at radius 2 is 2.13 bits per heavy atom. The zero-order chi connectivity index (χ0) is 11.3. The number of aromatic nitrogens is 1. The summed E-state index contributed by atoms with van der Waals surface area (Å²) in [6, 6.07) is 4.48. The molecular formula is C12H20N2O. The van der Waals surface area contributed by atoms with E-state index in [4.69, 9.17) is 4.74 Å². The van der Waals surface area contributed by atoms with Gasteiger partial charge in [0.2, 0.25) is 5.88 Å². The lowest BCUT2D eigenvalue weighted by molar-refractivity contribution is 0.395. The summed E-state index contributed by atoms with van der Waals surface area (Å²) in [5.41, 5.74) is 1.20. The number of pyridine rings is 1. The second-order valence-electron chi connectivity index (χ2n) is 4.12. The Balaban J connectivity index is 2.50. The molecule has 0 amide bonds. The van der Waals surface area contributed by atoms with Crippen LogP contribution in [0.5, 0.6) is 5.88 Å². The molecule has 1 N–H and O–H groups in total. The minimum absolute atomic E-state index is 0.518. The summed E-state index contributed by atoms with van der Waals surface area (Å²) in [5, 5.41) is 3.47. The quantitative estimate of drug-likeness (QED) is 0.805. The van der Waals surface area contributed by atoms with Crippen molar-refractivity contribution in [1.82, 2.24) is 10.3 Å².